The second kappa shape index (κ2) is 8.15. The third-order valence-corrected chi connectivity index (χ3v) is 7.63. The van der Waals surface area contributed by atoms with E-state index >= 15 is 0 Å². The molecule has 1 spiro atoms. The van der Waals surface area contributed by atoms with Crippen molar-refractivity contribution >= 4 is 45.3 Å². The van der Waals surface area contributed by atoms with Crippen molar-refractivity contribution in [1.29, 1.82) is 0 Å². The predicted molar refractivity (Wildman–Crippen MR) is 133 cm³/mol. The van der Waals surface area contributed by atoms with E-state index in [0.29, 0.717) is 20.8 Å². The number of fused-ring (bicyclic) bond motifs is 2. The van der Waals surface area contributed by atoms with Gasteiger partial charge in [0.2, 0.25) is 0 Å². The number of aromatic nitrogens is 4. The highest BCUT2D eigenvalue weighted by Crippen LogP contribution is 2.50. The van der Waals surface area contributed by atoms with Crippen LogP contribution in [0.1, 0.15) is 12.8 Å². The lowest BCUT2D eigenvalue weighted by Gasteiger charge is -2.58. The van der Waals surface area contributed by atoms with Gasteiger partial charge in [0.25, 0.3) is 5.56 Å². The number of anilines is 1. The number of ether oxygens (including phenoxy) is 1. The average Bonchev–Trinajstić information content (AvgIpc) is 3.21. The van der Waals surface area contributed by atoms with Gasteiger partial charge in [0.05, 0.1) is 27.2 Å². The fraction of sp³-hybridized carbons (Fsp3) is 0.375. The van der Waals surface area contributed by atoms with E-state index in [-0.39, 0.29) is 11.7 Å². The molecule has 3 aromatic heterocycles. The highest BCUT2D eigenvalue weighted by atomic mass is 35.5. The first-order chi connectivity index (χ1) is 16.4. The zero-order valence-corrected chi connectivity index (χ0v) is 20.2. The van der Waals surface area contributed by atoms with Gasteiger partial charge in [-0.15, -0.1) is 10.2 Å². The van der Waals surface area contributed by atoms with Gasteiger partial charge < -0.3 is 19.5 Å². The number of pyridine rings is 2. The Hall–Kier alpha value is -2.81. The minimum atomic E-state index is -0.107. The van der Waals surface area contributed by atoms with Gasteiger partial charge in [-0.3, -0.25) is 9.20 Å². The third-order valence-electron chi connectivity index (χ3n) is 7.01. The van der Waals surface area contributed by atoms with Gasteiger partial charge in [-0.1, -0.05) is 23.2 Å². The summed E-state index contributed by atoms with van der Waals surface area (Å²) in [6.45, 7) is 3.92. The molecule has 0 amide bonds. The fourth-order valence-electron chi connectivity index (χ4n) is 5.31. The maximum absolute atomic E-state index is 12.5. The number of rotatable bonds is 6. The first-order valence-corrected chi connectivity index (χ1v) is 12.1. The Morgan fingerprint density at radius 1 is 1.21 bits per heavy atom. The van der Waals surface area contributed by atoms with Crippen LogP contribution in [0.5, 0.6) is 5.75 Å². The van der Waals surface area contributed by atoms with Crippen LogP contribution >= 0.6 is 23.2 Å². The van der Waals surface area contributed by atoms with Crippen LogP contribution < -0.4 is 15.6 Å². The zero-order chi connectivity index (χ0) is 23.4. The molecule has 1 N–H and O–H groups in total. The SMILES string of the molecule is Cn1ccc2c(OC3CC4(C3)CN(CCNc3cc5nncn5cc3Cl)C4)ccc(Cl)c2c1=O. The van der Waals surface area contributed by atoms with Crippen LogP contribution in [0.15, 0.2) is 47.8 Å². The molecule has 34 heavy (non-hydrogen) atoms. The maximum atomic E-state index is 12.5. The van der Waals surface area contributed by atoms with Gasteiger partial charge >= 0.3 is 0 Å². The molecule has 0 radical (unpaired) electrons. The van der Waals surface area contributed by atoms with Gasteiger partial charge in [0.15, 0.2) is 5.65 Å². The number of nitrogens with one attached hydrogen (secondary N) is 1. The molecule has 4 aromatic rings. The standard InChI is InChI=1S/C24H24Cl2N6O2/c1-30-6-4-16-20(3-2-17(25)22(16)23(30)33)34-15-9-24(10-15)12-31(13-24)7-5-27-19-8-21-29-28-14-32(21)11-18(19)26/h2-4,6,8,11,14-15,27H,5,7,9-10,12-13H2,1H3. The van der Waals surface area contributed by atoms with Gasteiger partial charge in [-0.25, -0.2) is 0 Å². The van der Waals surface area contributed by atoms with Crippen molar-refractivity contribution in [2.75, 3.05) is 31.5 Å². The normalized spacial score (nSPS) is 17.7. The van der Waals surface area contributed by atoms with Crippen LogP contribution in [-0.2, 0) is 7.05 Å². The number of hydrogen-bond acceptors (Lipinski definition) is 6. The Bertz CT molecular complexity index is 1450. The molecule has 2 aliphatic rings. The van der Waals surface area contributed by atoms with Crippen LogP contribution in [0.25, 0.3) is 16.4 Å². The number of nitrogens with zero attached hydrogens (tertiary/aromatic N) is 5. The Balaban J connectivity index is 1.01. The molecule has 1 aromatic carbocycles. The van der Waals surface area contributed by atoms with Crippen LogP contribution in [-0.4, -0.2) is 56.3 Å². The topological polar surface area (TPSA) is 76.7 Å². The van der Waals surface area contributed by atoms with Crippen molar-refractivity contribution in [3.63, 3.8) is 0 Å². The largest absolute Gasteiger partial charge is 0.490 e. The van der Waals surface area contributed by atoms with Crippen molar-refractivity contribution in [2.24, 2.45) is 12.5 Å². The Kier molecular flexibility index (Phi) is 5.20. The summed E-state index contributed by atoms with van der Waals surface area (Å²) in [5, 5.41) is 13.8. The van der Waals surface area contributed by atoms with Crippen LogP contribution in [0.2, 0.25) is 10.0 Å². The smallest absolute Gasteiger partial charge is 0.259 e. The third kappa shape index (κ3) is 3.70. The zero-order valence-electron chi connectivity index (χ0n) is 18.7. The van der Waals surface area contributed by atoms with Gasteiger partial charge in [-0.05, 0) is 31.0 Å². The van der Waals surface area contributed by atoms with Crippen molar-refractivity contribution in [3.8, 4) is 5.75 Å². The highest BCUT2D eigenvalue weighted by Gasteiger charge is 2.53. The summed E-state index contributed by atoms with van der Waals surface area (Å²) in [4.78, 5) is 15.0. The molecule has 0 atom stereocenters. The summed E-state index contributed by atoms with van der Waals surface area (Å²) in [7, 11) is 1.73. The Morgan fingerprint density at radius 2 is 2.03 bits per heavy atom. The predicted octanol–water partition coefficient (Wildman–Crippen LogP) is 3.84. The minimum absolute atomic E-state index is 0.107. The molecule has 4 heterocycles. The highest BCUT2D eigenvalue weighted by molar-refractivity contribution is 6.35. The molecule has 176 valence electrons. The second-order valence-corrected chi connectivity index (χ2v) is 10.3. The molecule has 2 fully saturated rings. The first-order valence-electron chi connectivity index (χ1n) is 11.3. The lowest BCUT2D eigenvalue weighted by molar-refractivity contribution is -0.117. The molecule has 8 nitrogen and oxygen atoms in total. The number of halogens is 2. The average molecular weight is 499 g/mol. The molecule has 10 heteroatoms. The van der Waals surface area contributed by atoms with E-state index in [4.69, 9.17) is 27.9 Å². The summed E-state index contributed by atoms with van der Waals surface area (Å²) in [5.41, 5.74) is 1.88. The van der Waals surface area contributed by atoms with Crippen molar-refractivity contribution in [2.45, 2.75) is 18.9 Å². The van der Waals surface area contributed by atoms with E-state index in [1.165, 1.54) is 4.57 Å². The molecule has 0 unspecified atom stereocenters. The van der Waals surface area contributed by atoms with Crippen molar-refractivity contribution in [1.82, 2.24) is 24.1 Å². The van der Waals surface area contributed by atoms with Gasteiger partial charge in [-0.2, -0.15) is 0 Å². The van der Waals surface area contributed by atoms with E-state index < -0.39 is 0 Å². The number of aryl methyl sites for hydroxylation is 1. The Morgan fingerprint density at radius 3 is 2.85 bits per heavy atom. The molecular formula is C24H24Cl2N6O2. The summed E-state index contributed by atoms with van der Waals surface area (Å²) in [5.74, 6) is 0.735. The van der Waals surface area contributed by atoms with E-state index in [0.717, 1.165) is 61.5 Å². The maximum Gasteiger partial charge on any atom is 0.259 e. The van der Waals surface area contributed by atoms with Crippen molar-refractivity contribution < 1.29 is 4.74 Å². The van der Waals surface area contributed by atoms with E-state index in [2.05, 4.69) is 20.4 Å². The molecule has 6 rings (SSSR count). The number of benzene rings is 1. The lowest BCUT2D eigenvalue weighted by atomic mass is 9.62. The van der Waals surface area contributed by atoms with Crippen LogP contribution in [0.4, 0.5) is 5.69 Å². The van der Waals surface area contributed by atoms with Crippen molar-refractivity contribution in [3.05, 3.63) is 63.4 Å². The summed E-state index contributed by atoms with van der Waals surface area (Å²) >= 11 is 12.7. The molecule has 1 aliphatic carbocycles. The summed E-state index contributed by atoms with van der Waals surface area (Å²) in [6.07, 6.45) is 7.43. The van der Waals surface area contributed by atoms with E-state index in [1.807, 2.05) is 24.4 Å². The van der Waals surface area contributed by atoms with Crippen LogP contribution in [0.3, 0.4) is 0 Å². The molecular weight excluding hydrogens is 475 g/mol. The minimum Gasteiger partial charge on any atom is -0.490 e. The number of likely N-dealkylation sites (tertiary alicyclic amines) is 1. The molecule has 1 saturated carbocycles. The monoisotopic (exact) mass is 498 g/mol. The molecule has 0 bridgehead atoms. The lowest BCUT2D eigenvalue weighted by Crippen LogP contribution is -2.65. The quantitative estimate of drug-likeness (QED) is 0.435. The van der Waals surface area contributed by atoms with Crippen LogP contribution in [0, 0.1) is 5.41 Å². The first kappa shape index (κ1) is 21.7. The molecule has 1 saturated heterocycles. The van der Waals surface area contributed by atoms with E-state index in [1.54, 1.807) is 30.0 Å². The summed E-state index contributed by atoms with van der Waals surface area (Å²) in [6, 6.07) is 7.44. The second-order valence-electron chi connectivity index (χ2n) is 9.48. The fourth-order valence-corrected chi connectivity index (χ4v) is 5.78. The Labute approximate surface area is 206 Å². The van der Waals surface area contributed by atoms with Gasteiger partial charge in [0, 0.05) is 62.5 Å². The number of hydrogen-bond donors (Lipinski definition) is 1. The summed E-state index contributed by atoms with van der Waals surface area (Å²) < 4.78 is 9.63. The molecule has 1 aliphatic heterocycles. The van der Waals surface area contributed by atoms with Gasteiger partial charge in [0.1, 0.15) is 12.1 Å². The van der Waals surface area contributed by atoms with E-state index in [9.17, 15) is 4.79 Å².